The average molecular weight is 312 g/mol. The van der Waals surface area contributed by atoms with Crippen molar-refractivity contribution in [3.63, 3.8) is 0 Å². The van der Waals surface area contributed by atoms with Crippen molar-refractivity contribution in [1.29, 1.82) is 0 Å². The number of rotatable bonds is 6. The van der Waals surface area contributed by atoms with Crippen LogP contribution in [0.1, 0.15) is 13.3 Å². The highest BCUT2D eigenvalue weighted by molar-refractivity contribution is 7.91. The molecule has 0 radical (unpaired) electrons. The fraction of sp³-hybridized carbons (Fsp3) is 0.600. The molecular formula is C15H24N2O3S. The smallest absolute Gasteiger partial charge is 0.153 e. The maximum atomic E-state index is 11.5. The third-order valence-corrected chi connectivity index (χ3v) is 5.40. The number of benzene rings is 1. The lowest BCUT2D eigenvalue weighted by Crippen LogP contribution is -2.40. The number of ether oxygens (including phenoxy) is 1. The number of nitrogens with zero attached hydrogens (tertiary/aromatic N) is 1. The van der Waals surface area contributed by atoms with Crippen molar-refractivity contribution in [1.82, 2.24) is 0 Å². The second kappa shape index (κ2) is 7.13. The van der Waals surface area contributed by atoms with Crippen LogP contribution in [-0.2, 0) is 14.6 Å². The standard InChI is InChI=1S/C15H24N2O3S/c1-3-13(12-20-2)16-14-5-4-6-15(11-14)17-7-9-21(18,19)10-8-17/h4-6,11,13,16H,3,7-10,12H2,1-2H3/t13-/m0/s1. The summed E-state index contributed by atoms with van der Waals surface area (Å²) in [5.41, 5.74) is 2.12. The van der Waals surface area contributed by atoms with Gasteiger partial charge in [-0.1, -0.05) is 13.0 Å². The molecule has 0 spiro atoms. The maximum Gasteiger partial charge on any atom is 0.153 e. The van der Waals surface area contributed by atoms with Crippen LogP contribution in [0.4, 0.5) is 11.4 Å². The Kier molecular flexibility index (Phi) is 5.47. The molecule has 1 aromatic rings. The van der Waals surface area contributed by atoms with E-state index in [0.29, 0.717) is 19.7 Å². The van der Waals surface area contributed by atoms with Crippen LogP contribution >= 0.6 is 0 Å². The van der Waals surface area contributed by atoms with Gasteiger partial charge in [0.2, 0.25) is 0 Å². The van der Waals surface area contributed by atoms with E-state index in [4.69, 9.17) is 4.74 Å². The fourth-order valence-electron chi connectivity index (χ4n) is 2.46. The van der Waals surface area contributed by atoms with Crippen molar-refractivity contribution < 1.29 is 13.2 Å². The molecule has 2 rings (SSSR count). The molecule has 6 heteroatoms. The molecule has 1 heterocycles. The minimum absolute atomic E-state index is 0.242. The van der Waals surface area contributed by atoms with Crippen molar-refractivity contribution in [3.05, 3.63) is 24.3 Å². The monoisotopic (exact) mass is 312 g/mol. The molecule has 1 N–H and O–H groups in total. The van der Waals surface area contributed by atoms with E-state index in [1.54, 1.807) is 7.11 Å². The lowest BCUT2D eigenvalue weighted by atomic mass is 10.2. The van der Waals surface area contributed by atoms with E-state index in [1.165, 1.54) is 0 Å². The van der Waals surface area contributed by atoms with Gasteiger partial charge >= 0.3 is 0 Å². The Hall–Kier alpha value is -1.27. The lowest BCUT2D eigenvalue weighted by molar-refractivity contribution is 0.184. The molecule has 21 heavy (non-hydrogen) atoms. The van der Waals surface area contributed by atoms with E-state index in [1.807, 2.05) is 18.2 Å². The minimum atomic E-state index is -2.84. The van der Waals surface area contributed by atoms with E-state index in [0.717, 1.165) is 17.8 Å². The van der Waals surface area contributed by atoms with Gasteiger partial charge in [0, 0.05) is 37.6 Å². The van der Waals surface area contributed by atoms with Gasteiger partial charge in [0.15, 0.2) is 9.84 Å². The molecular weight excluding hydrogens is 288 g/mol. The van der Waals surface area contributed by atoms with Gasteiger partial charge in [0.05, 0.1) is 18.1 Å². The zero-order valence-electron chi connectivity index (χ0n) is 12.7. The van der Waals surface area contributed by atoms with E-state index in [-0.39, 0.29) is 17.5 Å². The summed E-state index contributed by atoms with van der Waals surface area (Å²) in [5.74, 6) is 0.484. The molecule has 0 aromatic heterocycles. The van der Waals surface area contributed by atoms with E-state index < -0.39 is 9.84 Å². The van der Waals surface area contributed by atoms with Crippen molar-refractivity contribution in [2.75, 3.05) is 48.5 Å². The first kappa shape index (κ1) is 16.1. The highest BCUT2D eigenvalue weighted by Crippen LogP contribution is 2.22. The first-order chi connectivity index (χ1) is 10.0. The van der Waals surface area contributed by atoms with Crippen molar-refractivity contribution in [3.8, 4) is 0 Å². The predicted octanol–water partition coefficient (Wildman–Crippen LogP) is 1.76. The van der Waals surface area contributed by atoms with Crippen LogP contribution in [0.15, 0.2) is 24.3 Å². The van der Waals surface area contributed by atoms with Crippen molar-refractivity contribution in [2.24, 2.45) is 0 Å². The first-order valence-corrected chi connectivity index (χ1v) is 9.17. The van der Waals surface area contributed by atoms with Crippen LogP contribution in [0.25, 0.3) is 0 Å². The molecule has 1 saturated heterocycles. The van der Waals surface area contributed by atoms with Crippen molar-refractivity contribution in [2.45, 2.75) is 19.4 Å². The lowest BCUT2D eigenvalue weighted by Gasteiger charge is -2.29. The fourth-order valence-corrected chi connectivity index (χ4v) is 3.66. The molecule has 118 valence electrons. The Morgan fingerprint density at radius 1 is 1.33 bits per heavy atom. The molecule has 0 saturated carbocycles. The van der Waals surface area contributed by atoms with Crippen LogP contribution in [0.2, 0.25) is 0 Å². The third-order valence-electron chi connectivity index (χ3n) is 3.79. The molecule has 5 nitrogen and oxygen atoms in total. The SMILES string of the molecule is CC[C@@H](COC)Nc1cccc(N2CCS(=O)(=O)CC2)c1. The maximum absolute atomic E-state index is 11.5. The van der Waals surface area contributed by atoms with E-state index >= 15 is 0 Å². The van der Waals surface area contributed by atoms with Gasteiger partial charge in [-0.3, -0.25) is 0 Å². The minimum Gasteiger partial charge on any atom is -0.383 e. The number of sulfone groups is 1. The summed E-state index contributed by atoms with van der Waals surface area (Å²) in [6.45, 7) is 3.93. The van der Waals surface area contributed by atoms with Gasteiger partial charge in [-0.15, -0.1) is 0 Å². The van der Waals surface area contributed by atoms with Gasteiger partial charge in [0.25, 0.3) is 0 Å². The number of nitrogens with one attached hydrogen (secondary N) is 1. The number of hydrogen-bond donors (Lipinski definition) is 1. The summed E-state index contributed by atoms with van der Waals surface area (Å²) in [6, 6.07) is 8.42. The summed E-state index contributed by atoms with van der Waals surface area (Å²) in [4.78, 5) is 2.13. The van der Waals surface area contributed by atoms with Crippen LogP contribution in [0.5, 0.6) is 0 Å². The van der Waals surface area contributed by atoms with Crippen molar-refractivity contribution >= 4 is 21.2 Å². The Morgan fingerprint density at radius 3 is 2.67 bits per heavy atom. The van der Waals surface area contributed by atoms with Crippen LogP contribution in [0, 0.1) is 0 Å². The average Bonchev–Trinajstić information content (AvgIpc) is 2.47. The molecule has 1 aromatic carbocycles. The Balaban J connectivity index is 2.04. The van der Waals surface area contributed by atoms with Crippen LogP contribution in [-0.4, -0.2) is 52.8 Å². The summed E-state index contributed by atoms with van der Waals surface area (Å²) >= 11 is 0. The second-order valence-corrected chi connectivity index (χ2v) is 7.70. The van der Waals surface area contributed by atoms with E-state index in [9.17, 15) is 8.42 Å². The molecule has 1 aliphatic heterocycles. The predicted molar refractivity (Wildman–Crippen MR) is 86.9 cm³/mol. The Labute approximate surface area is 127 Å². The zero-order chi connectivity index (χ0) is 15.3. The Morgan fingerprint density at radius 2 is 2.05 bits per heavy atom. The second-order valence-electron chi connectivity index (χ2n) is 5.39. The quantitative estimate of drug-likeness (QED) is 0.867. The summed E-state index contributed by atoms with van der Waals surface area (Å²) < 4.78 is 28.2. The van der Waals surface area contributed by atoms with Crippen LogP contribution < -0.4 is 10.2 Å². The highest BCUT2D eigenvalue weighted by Gasteiger charge is 2.21. The summed E-state index contributed by atoms with van der Waals surface area (Å²) in [6.07, 6.45) is 0.986. The van der Waals surface area contributed by atoms with E-state index in [2.05, 4.69) is 23.2 Å². The molecule has 0 unspecified atom stereocenters. The van der Waals surface area contributed by atoms with Crippen LogP contribution in [0.3, 0.4) is 0 Å². The van der Waals surface area contributed by atoms with Gasteiger partial charge in [-0.05, 0) is 24.6 Å². The zero-order valence-corrected chi connectivity index (χ0v) is 13.5. The molecule has 1 fully saturated rings. The topological polar surface area (TPSA) is 58.6 Å². The van der Waals surface area contributed by atoms with Gasteiger partial charge in [0.1, 0.15) is 0 Å². The highest BCUT2D eigenvalue weighted by atomic mass is 32.2. The molecule has 0 bridgehead atoms. The Bertz CT molecular complexity index is 546. The number of anilines is 2. The normalized spacial score (nSPS) is 19.2. The summed E-state index contributed by atoms with van der Waals surface area (Å²) in [7, 11) is -1.13. The van der Waals surface area contributed by atoms with Gasteiger partial charge in [-0.2, -0.15) is 0 Å². The molecule has 0 aliphatic carbocycles. The molecule has 0 amide bonds. The number of hydrogen-bond acceptors (Lipinski definition) is 5. The third kappa shape index (κ3) is 4.61. The largest absolute Gasteiger partial charge is 0.383 e. The molecule has 1 aliphatic rings. The van der Waals surface area contributed by atoms with Gasteiger partial charge < -0.3 is 15.0 Å². The summed E-state index contributed by atoms with van der Waals surface area (Å²) in [5, 5.41) is 3.46. The molecule has 1 atom stereocenters. The number of methoxy groups -OCH3 is 1. The first-order valence-electron chi connectivity index (χ1n) is 7.35. The van der Waals surface area contributed by atoms with Gasteiger partial charge in [-0.25, -0.2) is 8.42 Å².